The van der Waals surface area contributed by atoms with Crippen molar-refractivity contribution in [3.63, 3.8) is 0 Å². The van der Waals surface area contributed by atoms with Crippen LogP contribution in [0.25, 0.3) is 0 Å². The molecule has 0 spiro atoms. The molecule has 0 aliphatic carbocycles. The Bertz CT molecular complexity index is 412. The minimum absolute atomic E-state index is 0.429. The smallest absolute Gasteiger partial charge is 0.152 e. The molecule has 0 radical (unpaired) electrons. The molecule has 0 aliphatic heterocycles. The molecule has 0 saturated heterocycles. The molecule has 0 atom stereocenters. The third-order valence-corrected chi connectivity index (χ3v) is 2.57. The lowest BCUT2D eigenvalue weighted by Gasteiger charge is -2.23. The Morgan fingerprint density at radius 1 is 1.56 bits per heavy atom. The predicted octanol–water partition coefficient (Wildman–Crippen LogP) is 2.89. The predicted molar refractivity (Wildman–Crippen MR) is 65.0 cm³/mol. The quantitative estimate of drug-likeness (QED) is 0.739. The van der Waals surface area contributed by atoms with Crippen LogP contribution in [0.1, 0.15) is 23.7 Å². The summed E-state index contributed by atoms with van der Waals surface area (Å²) >= 11 is 5.90. The van der Waals surface area contributed by atoms with Crippen LogP contribution in [0.2, 0.25) is 5.02 Å². The second kappa shape index (κ2) is 6.14. The summed E-state index contributed by atoms with van der Waals surface area (Å²) in [5.74, 6) is 0. The van der Waals surface area contributed by atoms with Crippen LogP contribution in [0.4, 0.5) is 5.69 Å². The van der Waals surface area contributed by atoms with Gasteiger partial charge < -0.3 is 4.90 Å². The van der Waals surface area contributed by atoms with Gasteiger partial charge in [0, 0.05) is 29.4 Å². The zero-order chi connectivity index (χ0) is 12.0. The van der Waals surface area contributed by atoms with E-state index in [2.05, 4.69) is 6.07 Å². The number of hydrogen-bond donors (Lipinski definition) is 0. The summed E-state index contributed by atoms with van der Waals surface area (Å²) in [5.41, 5.74) is 1.39. The van der Waals surface area contributed by atoms with Gasteiger partial charge in [-0.25, -0.2) is 0 Å². The standard InChI is InChI=1S/C12H13ClN2O/c1-2-15(7-3-6-14)12-8-11(13)5-4-10(12)9-16/h4-5,8-9H,2-3,7H2,1H3. The van der Waals surface area contributed by atoms with E-state index in [0.29, 0.717) is 23.6 Å². The second-order valence-electron chi connectivity index (χ2n) is 3.31. The average molecular weight is 237 g/mol. The summed E-state index contributed by atoms with van der Waals surface area (Å²) in [7, 11) is 0. The van der Waals surface area contributed by atoms with Crippen LogP contribution in [0.3, 0.4) is 0 Å². The highest BCUT2D eigenvalue weighted by Crippen LogP contribution is 2.23. The van der Waals surface area contributed by atoms with Crippen LogP contribution in [0, 0.1) is 11.3 Å². The molecule has 0 fully saturated rings. The molecule has 16 heavy (non-hydrogen) atoms. The van der Waals surface area contributed by atoms with Crippen molar-refractivity contribution >= 4 is 23.6 Å². The van der Waals surface area contributed by atoms with Gasteiger partial charge in [-0.15, -0.1) is 0 Å². The van der Waals surface area contributed by atoms with E-state index in [1.54, 1.807) is 18.2 Å². The van der Waals surface area contributed by atoms with Crippen molar-refractivity contribution in [2.75, 3.05) is 18.0 Å². The Morgan fingerprint density at radius 3 is 2.88 bits per heavy atom. The molecule has 0 aliphatic rings. The van der Waals surface area contributed by atoms with Gasteiger partial charge in [0.05, 0.1) is 12.5 Å². The van der Waals surface area contributed by atoms with Gasteiger partial charge in [-0.05, 0) is 25.1 Å². The van der Waals surface area contributed by atoms with Gasteiger partial charge in [-0.2, -0.15) is 5.26 Å². The lowest BCUT2D eigenvalue weighted by atomic mass is 10.1. The summed E-state index contributed by atoms with van der Waals surface area (Å²) in [6, 6.07) is 7.23. The van der Waals surface area contributed by atoms with Crippen molar-refractivity contribution in [2.45, 2.75) is 13.3 Å². The van der Waals surface area contributed by atoms with Crippen LogP contribution in [0.15, 0.2) is 18.2 Å². The van der Waals surface area contributed by atoms with Crippen LogP contribution in [-0.2, 0) is 0 Å². The summed E-state index contributed by atoms with van der Waals surface area (Å²) in [4.78, 5) is 12.9. The number of carbonyl (C=O) groups excluding carboxylic acids is 1. The highest BCUT2D eigenvalue weighted by Gasteiger charge is 2.09. The van der Waals surface area contributed by atoms with Gasteiger partial charge in [0.2, 0.25) is 0 Å². The zero-order valence-electron chi connectivity index (χ0n) is 9.11. The third kappa shape index (κ3) is 2.98. The van der Waals surface area contributed by atoms with Crippen LogP contribution in [0.5, 0.6) is 0 Å². The first-order valence-electron chi connectivity index (χ1n) is 5.09. The van der Waals surface area contributed by atoms with E-state index in [1.165, 1.54) is 0 Å². The molecule has 0 heterocycles. The van der Waals surface area contributed by atoms with E-state index in [1.807, 2.05) is 11.8 Å². The third-order valence-electron chi connectivity index (χ3n) is 2.34. The Kier molecular flexibility index (Phi) is 4.81. The Labute approximate surface area is 100 Å². The minimum Gasteiger partial charge on any atom is -0.370 e. The van der Waals surface area contributed by atoms with Crippen molar-refractivity contribution in [3.8, 4) is 6.07 Å². The van der Waals surface area contributed by atoms with Crippen LogP contribution >= 0.6 is 11.6 Å². The number of carbonyl (C=O) groups is 1. The topological polar surface area (TPSA) is 44.1 Å². The fourth-order valence-corrected chi connectivity index (χ4v) is 1.69. The van der Waals surface area contributed by atoms with Gasteiger partial charge in [-0.1, -0.05) is 11.6 Å². The minimum atomic E-state index is 0.429. The molecular formula is C12H13ClN2O. The van der Waals surface area contributed by atoms with Gasteiger partial charge in [0.25, 0.3) is 0 Å². The molecule has 0 unspecified atom stereocenters. The lowest BCUT2D eigenvalue weighted by molar-refractivity contribution is 0.112. The Hall–Kier alpha value is -1.53. The van der Waals surface area contributed by atoms with Crippen LogP contribution in [-0.4, -0.2) is 19.4 Å². The van der Waals surface area contributed by atoms with Gasteiger partial charge >= 0.3 is 0 Å². The first-order valence-corrected chi connectivity index (χ1v) is 5.47. The zero-order valence-corrected chi connectivity index (χ0v) is 9.87. The van der Waals surface area contributed by atoms with Gasteiger partial charge in [0.1, 0.15) is 0 Å². The monoisotopic (exact) mass is 236 g/mol. The largest absolute Gasteiger partial charge is 0.370 e. The van der Waals surface area contributed by atoms with Crippen molar-refractivity contribution in [2.24, 2.45) is 0 Å². The highest BCUT2D eigenvalue weighted by atomic mass is 35.5. The summed E-state index contributed by atoms with van der Waals surface area (Å²) < 4.78 is 0. The molecule has 0 amide bonds. The second-order valence-corrected chi connectivity index (χ2v) is 3.75. The fraction of sp³-hybridized carbons (Fsp3) is 0.333. The fourth-order valence-electron chi connectivity index (χ4n) is 1.52. The summed E-state index contributed by atoms with van der Waals surface area (Å²) in [5, 5.41) is 9.16. The Morgan fingerprint density at radius 2 is 2.31 bits per heavy atom. The number of benzene rings is 1. The lowest BCUT2D eigenvalue weighted by Crippen LogP contribution is -2.24. The number of aldehydes is 1. The van der Waals surface area contributed by atoms with Gasteiger partial charge in [-0.3, -0.25) is 4.79 Å². The first-order chi connectivity index (χ1) is 7.72. The Balaban J connectivity index is 3.02. The molecular weight excluding hydrogens is 224 g/mol. The molecule has 0 bridgehead atoms. The number of hydrogen-bond acceptors (Lipinski definition) is 3. The maximum Gasteiger partial charge on any atom is 0.152 e. The number of nitriles is 1. The van der Waals surface area contributed by atoms with Crippen molar-refractivity contribution in [3.05, 3.63) is 28.8 Å². The van der Waals surface area contributed by atoms with Crippen molar-refractivity contribution in [1.82, 2.24) is 0 Å². The molecule has 1 aromatic rings. The summed E-state index contributed by atoms with van der Waals surface area (Å²) in [6.07, 6.45) is 1.24. The number of halogens is 1. The molecule has 0 saturated carbocycles. The van der Waals surface area contributed by atoms with E-state index >= 15 is 0 Å². The maximum atomic E-state index is 10.9. The average Bonchev–Trinajstić information content (AvgIpc) is 2.30. The molecule has 4 heteroatoms. The van der Waals surface area contributed by atoms with E-state index < -0.39 is 0 Å². The maximum absolute atomic E-state index is 10.9. The first kappa shape index (κ1) is 12.5. The highest BCUT2D eigenvalue weighted by molar-refractivity contribution is 6.31. The van der Waals surface area contributed by atoms with Gasteiger partial charge in [0.15, 0.2) is 6.29 Å². The molecule has 3 nitrogen and oxygen atoms in total. The SMILES string of the molecule is CCN(CCC#N)c1cc(Cl)ccc1C=O. The molecule has 0 aromatic heterocycles. The molecule has 0 N–H and O–H groups in total. The van der Waals surface area contributed by atoms with E-state index in [0.717, 1.165) is 18.5 Å². The van der Waals surface area contributed by atoms with Crippen molar-refractivity contribution < 1.29 is 4.79 Å². The van der Waals surface area contributed by atoms with E-state index in [9.17, 15) is 4.79 Å². The normalized spacial score (nSPS) is 9.56. The summed E-state index contributed by atoms with van der Waals surface area (Å²) in [6.45, 7) is 3.32. The molecule has 1 rings (SSSR count). The number of anilines is 1. The molecule has 1 aromatic carbocycles. The van der Waals surface area contributed by atoms with E-state index in [-0.39, 0.29) is 0 Å². The van der Waals surface area contributed by atoms with E-state index in [4.69, 9.17) is 16.9 Å². The number of rotatable bonds is 5. The van der Waals surface area contributed by atoms with Crippen molar-refractivity contribution in [1.29, 1.82) is 5.26 Å². The molecule has 84 valence electrons. The number of nitrogens with zero attached hydrogens (tertiary/aromatic N) is 2. The van der Waals surface area contributed by atoms with Crippen LogP contribution < -0.4 is 4.90 Å².